The Morgan fingerprint density at radius 3 is 2.55 bits per heavy atom. The SMILES string of the molecule is Cn1cc([C@H](C(F)F)N2CCNCC2)c2ccccc21. The molecule has 1 saturated heterocycles. The second-order valence-electron chi connectivity index (χ2n) is 5.28. The molecule has 0 bridgehead atoms. The van der Waals surface area contributed by atoms with E-state index in [4.69, 9.17) is 0 Å². The summed E-state index contributed by atoms with van der Waals surface area (Å²) in [6.45, 7) is 2.87. The molecule has 0 saturated carbocycles. The Balaban J connectivity index is 2.05. The van der Waals surface area contributed by atoms with Crippen molar-refractivity contribution in [2.75, 3.05) is 26.2 Å². The zero-order valence-electron chi connectivity index (χ0n) is 11.5. The van der Waals surface area contributed by atoms with E-state index >= 15 is 0 Å². The Morgan fingerprint density at radius 2 is 1.85 bits per heavy atom. The topological polar surface area (TPSA) is 20.2 Å². The van der Waals surface area contributed by atoms with Crippen molar-refractivity contribution < 1.29 is 8.78 Å². The van der Waals surface area contributed by atoms with Crippen LogP contribution in [0.3, 0.4) is 0 Å². The van der Waals surface area contributed by atoms with E-state index in [1.165, 1.54) is 0 Å². The highest BCUT2D eigenvalue weighted by molar-refractivity contribution is 5.84. The zero-order valence-corrected chi connectivity index (χ0v) is 11.5. The van der Waals surface area contributed by atoms with Gasteiger partial charge in [0.05, 0.1) is 6.04 Å². The fourth-order valence-electron chi connectivity index (χ4n) is 3.06. The Bertz CT molecular complexity index is 588. The first kappa shape index (κ1) is 13.5. The lowest BCUT2D eigenvalue weighted by molar-refractivity contribution is 0.0188. The molecule has 3 rings (SSSR count). The molecule has 0 radical (unpaired) electrons. The van der Waals surface area contributed by atoms with E-state index in [-0.39, 0.29) is 0 Å². The van der Waals surface area contributed by atoms with Gasteiger partial charge in [0, 0.05) is 55.9 Å². The van der Waals surface area contributed by atoms with Crippen molar-refractivity contribution in [2.45, 2.75) is 12.5 Å². The number of aryl methyl sites for hydroxylation is 1. The second kappa shape index (κ2) is 5.50. The molecule has 5 heteroatoms. The third-order valence-corrected chi connectivity index (χ3v) is 4.03. The van der Waals surface area contributed by atoms with Crippen LogP contribution >= 0.6 is 0 Å². The molecule has 108 valence electrons. The lowest BCUT2D eigenvalue weighted by Crippen LogP contribution is -2.46. The third kappa shape index (κ3) is 2.31. The summed E-state index contributed by atoms with van der Waals surface area (Å²) in [5.41, 5.74) is 1.74. The molecular formula is C15H19F2N3. The van der Waals surface area contributed by atoms with Crippen LogP contribution < -0.4 is 5.32 Å². The highest BCUT2D eigenvalue weighted by atomic mass is 19.3. The average Bonchev–Trinajstić information content (AvgIpc) is 2.78. The van der Waals surface area contributed by atoms with Crippen molar-refractivity contribution in [1.29, 1.82) is 0 Å². The smallest absolute Gasteiger partial charge is 0.258 e. The Labute approximate surface area is 117 Å². The molecule has 0 spiro atoms. The number of piperazine rings is 1. The predicted molar refractivity (Wildman–Crippen MR) is 76.1 cm³/mol. The zero-order chi connectivity index (χ0) is 14.1. The summed E-state index contributed by atoms with van der Waals surface area (Å²) in [6.07, 6.45) is -0.525. The van der Waals surface area contributed by atoms with Crippen LogP contribution in [0.25, 0.3) is 10.9 Å². The standard InChI is InChI=1S/C15H19F2N3/c1-19-10-12(11-4-2-3-5-13(11)19)14(15(16)17)20-8-6-18-7-9-20/h2-5,10,14-15,18H,6-9H2,1H3/t14-/m1/s1. The number of para-hydroxylation sites is 1. The molecule has 1 N–H and O–H groups in total. The summed E-state index contributed by atoms with van der Waals surface area (Å²) in [7, 11) is 1.91. The number of hydrogen-bond acceptors (Lipinski definition) is 2. The van der Waals surface area contributed by atoms with Crippen molar-refractivity contribution >= 4 is 10.9 Å². The van der Waals surface area contributed by atoms with Crippen LogP contribution in [0, 0.1) is 0 Å². The van der Waals surface area contributed by atoms with E-state index in [1.54, 1.807) is 0 Å². The number of hydrogen-bond donors (Lipinski definition) is 1. The van der Waals surface area contributed by atoms with E-state index in [2.05, 4.69) is 5.32 Å². The van der Waals surface area contributed by atoms with Gasteiger partial charge < -0.3 is 9.88 Å². The van der Waals surface area contributed by atoms with Gasteiger partial charge in [0.2, 0.25) is 0 Å². The molecule has 2 heterocycles. The maximum absolute atomic E-state index is 13.6. The van der Waals surface area contributed by atoms with E-state index in [0.29, 0.717) is 13.1 Å². The molecule has 1 aliphatic rings. The highest BCUT2D eigenvalue weighted by Crippen LogP contribution is 2.33. The van der Waals surface area contributed by atoms with Gasteiger partial charge in [-0.3, -0.25) is 4.90 Å². The second-order valence-corrected chi connectivity index (χ2v) is 5.28. The molecular weight excluding hydrogens is 260 g/mol. The van der Waals surface area contributed by atoms with Crippen LogP contribution in [-0.2, 0) is 7.05 Å². The van der Waals surface area contributed by atoms with Crippen LogP contribution in [-0.4, -0.2) is 42.1 Å². The van der Waals surface area contributed by atoms with Crippen molar-refractivity contribution in [3.8, 4) is 0 Å². The van der Waals surface area contributed by atoms with E-state index < -0.39 is 12.5 Å². The van der Waals surface area contributed by atoms with E-state index in [9.17, 15) is 8.78 Å². The van der Waals surface area contributed by atoms with E-state index in [0.717, 1.165) is 29.6 Å². The molecule has 2 aromatic rings. The summed E-state index contributed by atoms with van der Waals surface area (Å²) in [5, 5.41) is 4.14. The summed E-state index contributed by atoms with van der Waals surface area (Å²) in [4.78, 5) is 1.89. The first-order chi connectivity index (χ1) is 9.68. The summed E-state index contributed by atoms with van der Waals surface area (Å²) < 4.78 is 29.2. The fraction of sp³-hybridized carbons (Fsp3) is 0.467. The Hall–Kier alpha value is -1.46. The van der Waals surface area contributed by atoms with Crippen molar-refractivity contribution in [2.24, 2.45) is 7.05 Å². The minimum atomic E-state index is -2.38. The van der Waals surface area contributed by atoms with Crippen LogP contribution in [0.2, 0.25) is 0 Å². The first-order valence-electron chi connectivity index (χ1n) is 6.95. The fourth-order valence-corrected chi connectivity index (χ4v) is 3.06. The molecule has 1 fully saturated rings. The molecule has 1 aliphatic heterocycles. The van der Waals surface area contributed by atoms with Gasteiger partial charge in [-0.05, 0) is 6.07 Å². The van der Waals surface area contributed by atoms with Crippen LogP contribution in [0.4, 0.5) is 8.78 Å². The normalized spacial score (nSPS) is 18.8. The Kier molecular flexibility index (Phi) is 3.72. The average molecular weight is 279 g/mol. The largest absolute Gasteiger partial charge is 0.350 e. The van der Waals surface area contributed by atoms with Gasteiger partial charge >= 0.3 is 0 Å². The number of rotatable bonds is 3. The maximum atomic E-state index is 13.6. The predicted octanol–water partition coefficient (Wildman–Crippen LogP) is 2.39. The van der Waals surface area contributed by atoms with Gasteiger partial charge in [0.25, 0.3) is 6.43 Å². The van der Waals surface area contributed by atoms with Gasteiger partial charge in [-0.25, -0.2) is 8.78 Å². The molecule has 1 aromatic heterocycles. The van der Waals surface area contributed by atoms with E-state index in [1.807, 2.05) is 47.0 Å². The minimum absolute atomic E-state index is 0.665. The molecule has 20 heavy (non-hydrogen) atoms. The minimum Gasteiger partial charge on any atom is -0.350 e. The number of benzene rings is 1. The summed E-state index contributed by atoms with van der Waals surface area (Å²) in [5.74, 6) is 0. The number of alkyl halides is 2. The number of halogens is 2. The van der Waals surface area contributed by atoms with Crippen molar-refractivity contribution in [1.82, 2.24) is 14.8 Å². The first-order valence-corrected chi connectivity index (χ1v) is 6.95. The lowest BCUT2D eigenvalue weighted by atomic mass is 10.0. The van der Waals surface area contributed by atoms with Crippen LogP contribution in [0.1, 0.15) is 11.6 Å². The van der Waals surface area contributed by atoms with Crippen molar-refractivity contribution in [3.05, 3.63) is 36.0 Å². The van der Waals surface area contributed by atoms with Crippen molar-refractivity contribution in [3.63, 3.8) is 0 Å². The highest BCUT2D eigenvalue weighted by Gasteiger charge is 2.32. The lowest BCUT2D eigenvalue weighted by Gasteiger charge is -2.34. The van der Waals surface area contributed by atoms with Gasteiger partial charge in [0.1, 0.15) is 0 Å². The van der Waals surface area contributed by atoms with Crippen LogP contribution in [0.5, 0.6) is 0 Å². The molecule has 0 aliphatic carbocycles. The monoisotopic (exact) mass is 279 g/mol. The maximum Gasteiger partial charge on any atom is 0.258 e. The molecule has 1 atom stereocenters. The third-order valence-electron chi connectivity index (χ3n) is 4.03. The summed E-state index contributed by atoms with van der Waals surface area (Å²) in [6, 6.07) is 6.94. The number of aromatic nitrogens is 1. The molecule has 0 unspecified atom stereocenters. The molecule has 3 nitrogen and oxygen atoms in total. The quantitative estimate of drug-likeness (QED) is 0.931. The van der Waals surface area contributed by atoms with Crippen LogP contribution in [0.15, 0.2) is 30.5 Å². The summed E-state index contributed by atoms with van der Waals surface area (Å²) >= 11 is 0. The number of nitrogens with one attached hydrogen (secondary N) is 1. The van der Waals surface area contributed by atoms with Gasteiger partial charge in [-0.2, -0.15) is 0 Å². The molecule has 1 aromatic carbocycles. The number of fused-ring (bicyclic) bond motifs is 1. The van der Waals surface area contributed by atoms with Gasteiger partial charge in [-0.15, -0.1) is 0 Å². The Morgan fingerprint density at radius 1 is 1.15 bits per heavy atom. The van der Waals surface area contributed by atoms with Gasteiger partial charge in [0.15, 0.2) is 0 Å². The number of nitrogens with zero attached hydrogens (tertiary/aromatic N) is 2. The van der Waals surface area contributed by atoms with Gasteiger partial charge in [-0.1, -0.05) is 18.2 Å². The molecule has 0 amide bonds.